The first-order valence-corrected chi connectivity index (χ1v) is 7.84. The number of para-hydroxylation sites is 1. The number of likely N-dealkylation sites (N-methyl/N-ethyl adjacent to an activating group) is 1. The smallest absolute Gasteiger partial charge is 0.227 e. The molecule has 4 heteroatoms. The molecule has 1 atom stereocenters. The quantitative estimate of drug-likeness (QED) is 0.885. The molecule has 1 unspecified atom stereocenters. The van der Waals surface area contributed by atoms with Gasteiger partial charge >= 0.3 is 0 Å². The van der Waals surface area contributed by atoms with E-state index in [-0.39, 0.29) is 5.91 Å². The SMILES string of the molecule is CCN(CC1CCCN1)C(=O)Cc1c[nH]c2ccccc12. The molecule has 0 bridgehead atoms. The van der Waals surface area contributed by atoms with E-state index in [1.165, 1.54) is 12.8 Å². The number of aromatic nitrogens is 1. The molecule has 2 N–H and O–H groups in total. The third-order valence-electron chi connectivity index (χ3n) is 4.35. The average Bonchev–Trinajstić information content (AvgIpc) is 3.15. The molecule has 3 rings (SSSR count). The lowest BCUT2D eigenvalue weighted by molar-refractivity contribution is -0.130. The van der Waals surface area contributed by atoms with E-state index in [1.807, 2.05) is 29.3 Å². The molecule has 112 valence electrons. The van der Waals surface area contributed by atoms with E-state index >= 15 is 0 Å². The monoisotopic (exact) mass is 285 g/mol. The van der Waals surface area contributed by atoms with Crippen LogP contribution in [-0.2, 0) is 11.2 Å². The fraction of sp³-hybridized carbons (Fsp3) is 0.471. The lowest BCUT2D eigenvalue weighted by atomic mass is 10.1. The number of hydrogen-bond donors (Lipinski definition) is 2. The highest BCUT2D eigenvalue weighted by atomic mass is 16.2. The van der Waals surface area contributed by atoms with Crippen molar-refractivity contribution >= 4 is 16.8 Å². The van der Waals surface area contributed by atoms with Gasteiger partial charge in [-0.15, -0.1) is 0 Å². The molecule has 1 aliphatic heterocycles. The Labute approximate surface area is 125 Å². The molecule has 0 aliphatic carbocycles. The van der Waals surface area contributed by atoms with Crippen LogP contribution in [0.25, 0.3) is 10.9 Å². The van der Waals surface area contributed by atoms with E-state index in [2.05, 4.69) is 23.3 Å². The van der Waals surface area contributed by atoms with Crippen LogP contribution >= 0.6 is 0 Å². The fourth-order valence-electron chi connectivity index (χ4n) is 3.14. The Hall–Kier alpha value is -1.81. The number of nitrogens with zero attached hydrogens (tertiary/aromatic N) is 1. The van der Waals surface area contributed by atoms with Gasteiger partial charge in [-0.2, -0.15) is 0 Å². The summed E-state index contributed by atoms with van der Waals surface area (Å²) in [7, 11) is 0. The van der Waals surface area contributed by atoms with E-state index in [0.717, 1.165) is 36.1 Å². The van der Waals surface area contributed by atoms with Crippen molar-refractivity contribution in [1.82, 2.24) is 15.2 Å². The van der Waals surface area contributed by atoms with Gasteiger partial charge in [-0.1, -0.05) is 18.2 Å². The van der Waals surface area contributed by atoms with Crippen molar-refractivity contribution in [3.05, 3.63) is 36.0 Å². The van der Waals surface area contributed by atoms with E-state index in [9.17, 15) is 4.79 Å². The molecule has 1 saturated heterocycles. The number of aromatic amines is 1. The highest BCUT2D eigenvalue weighted by molar-refractivity contribution is 5.88. The van der Waals surface area contributed by atoms with E-state index in [1.54, 1.807) is 0 Å². The minimum atomic E-state index is 0.218. The van der Waals surface area contributed by atoms with Crippen molar-refractivity contribution in [3.8, 4) is 0 Å². The Balaban J connectivity index is 1.69. The van der Waals surface area contributed by atoms with Gasteiger partial charge in [0.25, 0.3) is 0 Å². The topological polar surface area (TPSA) is 48.1 Å². The standard InChI is InChI=1S/C17H23N3O/c1-2-20(12-14-6-5-9-18-14)17(21)10-13-11-19-16-8-4-3-7-15(13)16/h3-4,7-8,11,14,18-19H,2,5-6,9-10,12H2,1H3. The Morgan fingerprint density at radius 1 is 1.38 bits per heavy atom. The maximum absolute atomic E-state index is 12.6. The van der Waals surface area contributed by atoms with Gasteiger partial charge in [0, 0.05) is 36.2 Å². The Bertz CT molecular complexity index is 613. The Kier molecular flexibility index (Phi) is 4.25. The van der Waals surface area contributed by atoms with Crippen LogP contribution in [0.1, 0.15) is 25.3 Å². The zero-order valence-corrected chi connectivity index (χ0v) is 12.6. The largest absolute Gasteiger partial charge is 0.361 e. The molecule has 1 fully saturated rings. The van der Waals surface area contributed by atoms with Crippen LogP contribution in [0.4, 0.5) is 0 Å². The number of nitrogens with one attached hydrogen (secondary N) is 2. The number of hydrogen-bond acceptors (Lipinski definition) is 2. The number of fused-ring (bicyclic) bond motifs is 1. The van der Waals surface area contributed by atoms with Crippen molar-refractivity contribution in [1.29, 1.82) is 0 Å². The van der Waals surface area contributed by atoms with Crippen molar-refractivity contribution < 1.29 is 4.79 Å². The lowest BCUT2D eigenvalue weighted by Crippen LogP contribution is -2.41. The van der Waals surface area contributed by atoms with Crippen LogP contribution in [0.2, 0.25) is 0 Å². The van der Waals surface area contributed by atoms with Gasteiger partial charge in [-0.25, -0.2) is 0 Å². The van der Waals surface area contributed by atoms with Crippen molar-refractivity contribution in [2.75, 3.05) is 19.6 Å². The molecule has 0 spiro atoms. The summed E-state index contributed by atoms with van der Waals surface area (Å²) < 4.78 is 0. The van der Waals surface area contributed by atoms with Gasteiger partial charge < -0.3 is 15.2 Å². The number of rotatable bonds is 5. The first-order valence-electron chi connectivity index (χ1n) is 7.84. The van der Waals surface area contributed by atoms with E-state index in [0.29, 0.717) is 12.5 Å². The van der Waals surface area contributed by atoms with Gasteiger partial charge in [0.05, 0.1) is 6.42 Å². The normalized spacial score (nSPS) is 18.2. The average molecular weight is 285 g/mol. The minimum absolute atomic E-state index is 0.218. The van der Waals surface area contributed by atoms with Gasteiger partial charge in [0.1, 0.15) is 0 Å². The summed E-state index contributed by atoms with van der Waals surface area (Å²) in [5.41, 5.74) is 2.19. The summed E-state index contributed by atoms with van der Waals surface area (Å²) in [6.45, 7) is 4.75. The first kappa shape index (κ1) is 14.1. The molecule has 0 saturated carbocycles. The minimum Gasteiger partial charge on any atom is -0.361 e. The zero-order valence-electron chi connectivity index (χ0n) is 12.6. The van der Waals surface area contributed by atoms with E-state index < -0.39 is 0 Å². The maximum Gasteiger partial charge on any atom is 0.227 e. The van der Waals surface area contributed by atoms with Gasteiger partial charge in [-0.3, -0.25) is 4.79 Å². The molecular formula is C17H23N3O. The Morgan fingerprint density at radius 3 is 3.00 bits per heavy atom. The summed E-state index contributed by atoms with van der Waals surface area (Å²) in [6.07, 6.45) is 4.84. The lowest BCUT2D eigenvalue weighted by Gasteiger charge is -2.24. The summed E-state index contributed by atoms with van der Waals surface area (Å²) in [4.78, 5) is 17.8. The fourth-order valence-corrected chi connectivity index (χ4v) is 3.14. The van der Waals surface area contributed by atoms with Crippen molar-refractivity contribution in [3.63, 3.8) is 0 Å². The number of amides is 1. The second-order valence-electron chi connectivity index (χ2n) is 5.76. The van der Waals surface area contributed by atoms with Gasteiger partial charge in [0.15, 0.2) is 0 Å². The zero-order chi connectivity index (χ0) is 14.7. The third-order valence-corrected chi connectivity index (χ3v) is 4.35. The molecule has 1 aromatic carbocycles. The molecule has 1 aromatic heterocycles. The van der Waals surface area contributed by atoms with Crippen LogP contribution in [0.3, 0.4) is 0 Å². The molecule has 2 heterocycles. The molecule has 0 radical (unpaired) electrons. The van der Waals surface area contributed by atoms with Crippen LogP contribution in [-0.4, -0.2) is 41.5 Å². The summed E-state index contributed by atoms with van der Waals surface area (Å²) in [5, 5.41) is 4.62. The maximum atomic E-state index is 12.6. The molecule has 21 heavy (non-hydrogen) atoms. The van der Waals surface area contributed by atoms with Crippen molar-refractivity contribution in [2.45, 2.75) is 32.2 Å². The highest BCUT2D eigenvalue weighted by Gasteiger charge is 2.21. The number of benzene rings is 1. The molecule has 1 aliphatic rings. The van der Waals surface area contributed by atoms with Gasteiger partial charge in [0.2, 0.25) is 5.91 Å². The number of carbonyl (C=O) groups excluding carboxylic acids is 1. The molecule has 1 amide bonds. The highest BCUT2D eigenvalue weighted by Crippen LogP contribution is 2.19. The molecule has 2 aromatic rings. The Morgan fingerprint density at radius 2 is 2.24 bits per heavy atom. The predicted octanol–water partition coefficient (Wildman–Crippen LogP) is 2.31. The van der Waals surface area contributed by atoms with Crippen molar-refractivity contribution in [2.24, 2.45) is 0 Å². The number of carbonyl (C=O) groups is 1. The summed E-state index contributed by atoms with van der Waals surface area (Å²) in [5.74, 6) is 0.218. The number of H-pyrrole nitrogens is 1. The van der Waals surface area contributed by atoms with Crippen LogP contribution in [0.5, 0.6) is 0 Å². The third kappa shape index (κ3) is 3.10. The second kappa shape index (κ2) is 6.31. The molecule has 4 nitrogen and oxygen atoms in total. The first-order chi connectivity index (χ1) is 10.3. The predicted molar refractivity (Wildman–Crippen MR) is 85.3 cm³/mol. The van der Waals surface area contributed by atoms with Gasteiger partial charge in [-0.05, 0) is 37.9 Å². The summed E-state index contributed by atoms with van der Waals surface area (Å²) >= 11 is 0. The van der Waals surface area contributed by atoms with Crippen LogP contribution in [0, 0.1) is 0 Å². The van der Waals surface area contributed by atoms with E-state index in [4.69, 9.17) is 0 Å². The molecular weight excluding hydrogens is 262 g/mol. The summed E-state index contributed by atoms with van der Waals surface area (Å²) in [6, 6.07) is 8.61. The van der Waals surface area contributed by atoms with Crippen LogP contribution in [0.15, 0.2) is 30.5 Å². The second-order valence-corrected chi connectivity index (χ2v) is 5.76. The van der Waals surface area contributed by atoms with Crippen LogP contribution < -0.4 is 5.32 Å².